The molecule has 0 aromatic carbocycles. The number of likely N-dealkylation sites (N-methyl/N-ethyl adjacent to an activating group) is 1. The maximum Gasteiger partial charge on any atom is 0.243 e. The van der Waals surface area contributed by atoms with E-state index in [1.807, 2.05) is 19.1 Å². The lowest BCUT2D eigenvalue weighted by molar-refractivity contribution is -0.116. The van der Waals surface area contributed by atoms with Crippen LogP contribution in [0.5, 0.6) is 0 Å². The Morgan fingerprint density at radius 3 is 3.14 bits per heavy atom. The van der Waals surface area contributed by atoms with Gasteiger partial charge in [0, 0.05) is 12.6 Å². The minimum atomic E-state index is -0.0184. The van der Waals surface area contributed by atoms with E-state index in [1.165, 1.54) is 5.57 Å². The summed E-state index contributed by atoms with van der Waals surface area (Å²) >= 11 is 0. The maximum atomic E-state index is 11.1. The Morgan fingerprint density at radius 1 is 1.71 bits per heavy atom. The number of carbonyl (C=O) groups excluding carboxylic acids is 1. The Morgan fingerprint density at radius 2 is 2.50 bits per heavy atom. The summed E-state index contributed by atoms with van der Waals surface area (Å²) in [6.45, 7) is 4.76. The quantitative estimate of drug-likeness (QED) is 0.681. The molecule has 1 N–H and O–H groups in total. The third-order valence-corrected chi connectivity index (χ3v) is 2.26. The smallest absolute Gasteiger partial charge is 0.243 e. The Labute approximate surface area is 85.4 Å². The van der Waals surface area contributed by atoms with Gasteiger partial charge < -0.3 is 5.32 Å². The molecule has 1 aliphatic rings. The van der Waals surface area contributed by atoms with E-state index in [9.17, 15) is 4.79 Å². The van der Waals surface area contributed by atoms with Gasteiger partial charge in [-0.2, -0.15) is 0 Å². The van der Waals surface area contributed by atoms with Gasteiger partial charge in [-0.15, -0.1) is 0 Å². The summed E-state index contributed by atoms with van der Waals surface area (Å²) in [7, 11) is 0. The van der Waals surface area contributed by atoms with E-state index in [-0.39, 0.29) is 5.91 Å². The monoisotopic (exact) mass is 191 g/mol. The summed E-state index contributed by atoms with van der Waals surface area (Å²) in [4.78, 5) is 11.1. The predicted molar refractivity (Wildman–Crippen MR) is 58.8 cm³/mol. The van der Waals surface area contributed by atoms with E-state index in [0.717, 1.165) is 6.42 Å². The summed E-state index contributed by atoms with van der Waals surface area (Å²) in [5, 5.41) is 2.73. The molecule has 0 spiro atoms. The van der Waals surface area contributed by atoms with Crippen LogP contribution in [-0.2, 0) is 4.79 Å². The molecule has 0 aliphatic heterocycles. The molecule has 1 amide bonds. The van der Waals surface area contributed by atoms with Crippen molar-refractivity contribution >= 4 is 5.91 Å². The minimum absolute atomic E-state index is 0.0184. The van der Waals surface area contributed by atoms with Crippen LogP contribution in [0, 0.1) is 5.92 Å². The Hall–Kier alpha value is -1.31. The molecule has 0 fully saturated rings. The molecule has 0 saturated carbocycles. The van der Waals surface area contributed by atoms with Crippen LogP contribution in [-0.4, -0.2) is 12.5 Å². The van der Waals surface area contributed by atoms with Crippen LogP contribution >= 0.6 is 0 Å². The van der Waals surface area contributed by atoms with Crippen LogP contribution in [0.3, 0.4) is 0 Å². The van der Waals surface area contributed by atoms with Crippen LogP contribution in [0.25, 0.3) is 0 Å². The highest BCUT2D eigenvalue weighted by Gasteiger charge is 2.06. The topological polar surface area (TPSA) is 29.1 Å². The summed E-state index contributed by atoms with van der Waals surface area (Å²) in [6.07, 6.45) is 10.8. The first-order valence-electron chi connectivity index (χ1n) is 5.06. The second kappa shape index (κ2) is 5.43. The van der Waals surface area contributed by atoms with Gasteiger partial charge in [0.1, 0.15) is 0 Å². The Bertz CT molecular complexity index is 287. The zero-order chi connectivity index (χ0) is 10.4. The second-order valence-electron chi connectivity index (χ2n) is 3.46. The van der Waals surface area contributed by atoms with Crippen molar-refractivity contribution in [1.29, 1.82) is 0 Å². The summed E-state index contributed by atoms with van der Waals surface area (Å²) in [5.74, 6) is 0.501. The van der Waals surface area contributed by atoms with E-state index in [2.05, 4.69) is 24.4 Å². The normalized spacial score (nSPS) is 21.0. The van der Waals surface area contributed by atoms with Gasteiger partial charge in [0.25, 0.3) is 0 Å². The molecule has 2 heteroatoms. The lowest BCUT2D eigenvalue weighted by Gasteiger charge is -2.12. The van der Waals surface area contributed by atoms with Crippen molar-refractivity contribution in [2.45, 2.75) is 20.3 Å². The minimum Gasteiger partial charge on any atom is -0.353 e. The van der Waals surface area contributed by atoms with Gasteiger partial charge in [-0.3, -0.25) is 4.79 Å². The highest BCUT2D eigenvalue weighted by atomic mass is 16.1. The molecule has 0 radical (unpaired) electrons. The van der Waals surface area contributed by atoms with Crippen molar-refractivity contribution < 1.29 is 4.79 Å². The Kier molecular flexibility index (Phi) is 4.17. The van der Waals surface area contributed by atoms with Gasteiger partial charge in [-0.05, 0) is 24.8 Å². The number of carbonyl (C=O) groups is 1. The number of allylic oxidation sites excluding steroid dienone is 5. The van der Waals surface area contributed by atoms with Gasteiger partial charge in [0.15, 0.2) is 0 Å². The molecule has 14 heavy (non-hydrogen) atoms. The van der Waals surface area contributed by atoms with Crippen LogP contribution in [0.1, 0.15) is 20.3 Å². The molecule has 0 saturated heterocycles. The van der Waals surface area contributed by atoms with E-state index < -0.39 is 0 Å². The molecule has 0 aromatic heterocycles. The fourth-order valence-corrected chi connectivity index (χ4v) is 1.39. The van der Waals surface area contributed by atoms with E-state index in [1.54, 1.807) is 6.08 Å². The SMILES string of the molecule is CCNC(=O)/C=C/C1=CC=CCC1C. The summed E-state index contributed by atoms with van der Waals surface area (Å²) < 4.78 is 0. The average Bonchev–Trinajstić information content (AvgIpc) is 2.17. The zero-order valence-corrected chi connectivity index (χ0v) is 8.79. The van der Waals surface area contributed by atoms with Crippen LogP contribution in [0.15, 0.2) is 36.0 Å². The van der Waals surface area contributed by atoms with Crippen molar-refractivity contribution in [3.8, 4) is 0 Å². The van der Waals surface area contributed by atoms with Gasteiger partial charge in [-0.1, -0.05) is 31.2 Å². The lowest BCUT2D eigenvalue weighted by Crippen LogP contribution is -2.20. The van der Waals surface area contributed by atoms with E-state index >= 15 is 0 Å². The number of rotatable bonds is 3. The summed E-state index contributed by atoms with van der Waals surface area (Å²) in [5.41, 5.74) is 1.22. The largest absolute Gasteiger partial charge is 0.353 e. The van der Waals surface area contributed by atoms with Crippen molar-refractivity contribution in [2.24, 2.45) is 5.92 Å². The molecule has 1 unspecified atom stereocenters. The predicted octanol–water partition coefficient (Wildman–Crippen LogP) is 2.20. The fourth-order valence-electron chi connectivity index (χ4n) is 1.39. The molecule has 1 atom stereocenters. The standard InChI is InChI=1S/C12H17NO/c1-3-13-12(14)9-8-11-7-5-4-6-10(11)2/h4-5,7-10H,3,6H2,1-2H3,(H,13,14)/b9-8+. The number of hydrogen-bond acceptors (Lipinski definition) is 1. The molecule has 0 aromatic rings. The van der Waals surface area contributed by atoms with Crippen molar-refractivity contribution in [2.75, 3.05) is 6.54 Å². The van der Waals surface area contributed by atoms with Crippen LogP contribution < -0.4 is 5.32 Å². The Balaban J connectivity index is 2.54. The molecule has 1 rings (SSSR count). The first-order valence-corrected chi connectivity index (χ1v) is 5.06. The van der Waals surface area contributed by atoms with Crippen molar-refractivity contribution in [3.05, 3.63) is 36.0 Å². The van der Waals surface area contributed by atoms with Crippen LogP contribution in [0.4, 0.5) is 0 Å². The fraction of sp³-hybridized carbons (Fsp3) is 0.417. The lowest BCUT2D eigenvalue weighted by atomic mass is 9.93. The second-order valence-corrected chi connectivity index (χ2v) is 3.46. The summed E-state index contributed by atoms with van der Waals surface area (Å²) in [6, 6.07) is 0. The maximum absolute atomic E-state index is 11.1. The van der Waals surface area contributed by atoms with Gasteiger partial charge >= 0.3 is 0 Å². The van der Waals surface area contributed by atoms with Crippen LogP contribution in [0.2, 0.25) is 0 Å². The number of amides is 1. The first-order chi connectivity index (χ1) is 6.74. The van der Waals surface area contributed by atoms with E-state index in [4.69, 9.17) is 0 Å². The highest BCUT2D eigenvalue weighted by Crippen LogP contribution is 2.20. The average molecular weight is 191 g/mol. The van der Waals surface area contributed by atoms with Crippen molar-refractivity contribution in [1.82, 2.24) is 5.32 Å². The molecule has 76 valence electrons. The third kappa shape index (κ3) is 3.21. The molecule has 1 aliphatic carbocycles. The number of nitrogens with one attached hydrogen (secondary N) is 1. The molecular weight excluding hydrogens is 174 g/mol. The van der Waals surface area contributed by atoms with Crippen molar-refractivity contribution in [3.63, 3.8) is 0 Å². The van der Waals surface area contributed by atoms with E-state index in [0.29, 0.717) is 12.5 Å². The van der Waals surface area contributed by atoms with Gasteiger partial charge in [-0.25, -0.2) is 0 Å². The first kappa shape index (κ1) is 10.8. The van der Waals surface area contributed by atoms with Gasteiger partial charge in [0.05, 0.1) is 0 Å². The highest BCUT2D eigenvalue weighted by molar-refractivity contribution is 5.87. The molecule has 0 bridgehead atoms. The molecule has 0 heterocycles. The van der Waals surface area contributed by atoms with Gasteiger partial charge in [0.2, 0.25) is 5.91 Å². The zero-order valence-electron chi connectivity index (χ0n) is 8.79. The molecule has 2 nitrogen and oxygen atoms in total. The number of hydrogen-bond donors (Lipinski definition) is 1. The third-order valence-electron chi connectivity index (χ3n) is 2.26. The molecular formula is C12H17NO.